The van der Waals surface area contributed by atoms with E-state index in [9.17, 15) is 0 Å². The van der Waals surface area contributed by atoms with Gasteiger partial charge in [-0.25, -0.2) is 0 Å². The van der Waals surface area contributed by atoms with E-state index in [1.807, 2.05) is 6.07 Å². The van der Waals surface area contributed by atoms with Crippen molar-refractivity contribution in [2.45, 2.75) is 6.42 Å². The average molecular weight is 242 g/mol. The second kappa shape index (κ2) is 7.00. The zero-order chi connectivity index (χ0) is 11.3. The molecule has 0 aliphatic rings. The lowest BCUT2D eigenvalue weighted by atomic mass is 10.1. The number of halogens is 1. The molecule has 1 aromatic carbocycles. The van der Waals surface area contributed by atoms with E-state index in [2.05, 4.69) is 5.92 Å². The number of terminal acetylenes is 1. The Labute approximate surface area is 102 Å². The fourth-order valence-corrected chi connectivity index (χ4v) is 1.42. The van der Waals surface area contributed by atoms with Crippen molar-refractivity contribution in [2.75, 3.05) is 20.8 Å². The summed E-state index contributed by atoms with van der Waals surface area (Å²) in [5.41, 5.74) is 7.21. The summed E-state index contributed by atoms with van der Waals surface area (Å²) in [4.78, 5) is 0. The fourth-order valence-electron chi connectivity index (χ4n) is 1.42. The van der Waals surface area contributed by atoms with E-state index >= 15 is 0 Å². The number of benzene rings is 1. The molecule has 0 radical (unpaired) electrons. The second-order valence-electron chi connectivity index (χ2n) is 3.05. The highest BCUT2D eigenvalue weighted by Crippen LogP contribution is 2.28. The Kier molecular flexibility index (Phi) is 6.40. The van der Waals surface area contributed by atoms with E-state index in [-0.39, 0.29) is 12.4 Å². The first-order valence-electron chi connectivity index (χ1n) is 4.68. The van der Waals surface area contributed by atoms with Crippen molar-refractivity contribution in [1.82, 2.24) is 0 Å². The van der Waals surface area contributed by atoms with Crippen molar-refractivity contribution >= 4 is 12.4 Å². The van der Waals surface area contributed by atoms with Crippen LogP contribution in [0.4, 0.5) is 0 Å². The van der Waals surface area contributed by atoms with Gasteiger partial charge in [0, 0.05) is 0 Å². The third-order valence-corrected chi connectivity index (χ3v) is 2.17. The molecule has 88 valence electrons. The van der Waals surface area contributed by atoms with Gasteiger partial charge in [0.1, 0.15) is 11.5 Å². The summed E-state index contributed by atoms with van der Waals surface area (Å²) in [6.45, 7) is 0.564. The van der Waals surface area contributed by atoms with Gasteiger partial charge in [-0.3, -0.25) is 0 Å². The molecule has 0 spiro atoms. The molecule has 0 unspecified atom stereocenters. The first-order chi connectivity index (χ1) is 7.26. The monoisotopic (exact) mass is 241 g/mol. The number of ether oxygens (including phenoxy) is 2. The maximum Gasteiger partial charge on any atom is 0.135 e. The molecule has 2 N–H and O–H groups in total. The largest absolute Gasteiger partial charge is 0.496 e. The number of nitrogens with two attached hydrogens (primary N) is 1. The van der Waals surface area contributed by atoms with Crippen molar-refractivity contribution in [2.24, 2.45) is 5.73 Å². The molecule has 0 atom stereocenters. The summed E-state index contributed by atoms with van der Waals surface area (Å²) < 4.78 is 10.4. The smallest absolute Gasteiger partial charge is 0.135 e. The normalized spacial score (nSPS) is 8.88. The minimum absolute atomic E-state index is 0. The van der Waals surface area contributed by atoms with Crippen LogP contribution in [0.15, 0.2) is 12.1 Å². The molecule has 1 aromatic rings. The Bertz CT molecular complexity index is 385. The lowest BCUT2D eigenvalue weighted by Gasteiger charge is -2.11. The molecule has 0 amide bonds. The summed E-state index contributed by atoms with van der Waals surface area (Å²) in [5.74, 6) is 3.99. The van der Waals surface area contributed by atoms with Gasteiger partial charge in [0.15, 0.2) is 0 Å². The molecule has 0 saturated heterocycles. The van der Waals surface area contributed by atoms with Crippen LogP contribution in [0.3, 0.4) is 0 Å². The fraction of sp³-hybridized carbons (Fsp3) is 0.333. The lowest BCUT2D eigenvalue weighted by Crippen LogP contribution is -2.05. The molecule has 0 aliphatic carbocycles. The molecule has 0 bridgehead atoms. The number of rotatable bonds is 4. The Balaban J connectivity index is 0.00000225. The SMILES string of the molecule is C#Cc1cc(OC)c(CCN)cc1OC.Cl. The molecule has 0 heterocycles. The Hall–Kier alpha value is -1.37. The molecular formula is C12H16ClNO2. The van der Waals surface area contributed by atoms with E-state index in [4.69, 9.17) is 21.6 Å². The number of hydrogen-bond acceptors (Lipinski definition) is 3. The van der Waals surface area contributed by atoms with Crippen LogP contribution >= 0.6 is 12.4 Å². The molecule has 0 aromatic heterocycles. The van der Waals surface area contributed by atoms with Crippen LogP contribution in [0, 0.1) is 12.3 Å². The van der Waals surface area contributed by atoms with Crippen molar-refractivity contribution in [1.29, 1.82) is 0 Å². The standard InChI is InChI=1S/C12H15NO2.ClH/c1-4-9-7-12(15-3)10(5-6-13)8-11(9)14-2;/h1,7-8H,5-6,13H2,2-3H3;1H. The molecule has 4 heteroatoms. The minimum atomic E-state index is 0. The summed E-state index contributed by atoms with van der Waals surface area (Å²) in [7, 11) is 3.21. The first kappa shape index (κ1) is 14.6. The maximum atomic E-state index is 5.51. The minimum Gasteiger partial charge on any atom is -0.496 e. The van der Waals surface area contributed by atoms with Crippen molar-refractivity contribution < 1.29 is 9.47 Å². The summed E-state index contributed by atoms with van der Waals surface area (Å²) >= 11 is 0. The third-order valence-electron chi connectivity index (χ3n) is 2.17. The Morgan fingerprint density at radius 1 is 1.25 bits per heavy atom. The van der Waals surface area contributed by atoms with Crippen molar-refractivity contribution in [3.05, 3.63) is 23.3 Å². The van der Waals surface area contributed by atoms with Gasteiger partial charge in [-0.2, -0.15) is 0 Å². The summed E-state index contributed by atoms with van der Waals surface area (Å²) in [6.07, 6.45) is 6.10. The molecule has 0 saturated carbocycles. The molecular weight excluding hydrogens is 226 g/mol. The quantitative estimate of drug-likeness (QED) is 0.815. The molecule has 0 aliphatic heterocycles. The van der Waals surface area contributed by atoms with Crippen LogP contribution in [0.5, 0.6) is 11.5 Å². The highest BCUT2D eigenvalue weighted by molar-refractivity contribution is 5.85. The van der Waals surface area contributed by atoms with Gasteiger partial charge in [-0.05, 0) is 30.7 Å². The number of methoxy groups -OCH3 is 2. The maximum absolute atomic E-state index is 5.51. The average Bonchev–Trinajstić information content (AvgIpc) is 2.28. The van der Waals surface area contributed by atoms with Gasteiger partial charge in [-0.15, -0.1) is 18.8 Å². The van der Waals surface area contributed by atoms with Crippen LogP contribution in [0.25, 0.3) is 0 Å². The van der Waals surface area contributed by atoms with Gasteiger partial charge in [0.25, 0.3) is 0 Å². The zero-order valence-corrected chi connectivity index (χ0v) is 10.3. The Morgan fingerprint density at radius 2 is 1.88 bits per heavy atom. The highest BCUT2D eigenvalue weighted by atomic mass is 35.5. The predicted molar refractivity (Wildman–Crippen MR) is 67.5 cm³/mol. The van der Waals surface area contributed by atoms with Crippen molar-refractivity contribution in [3.63, 3.8) is 0 Å². The second-order valence-corrected chi connectivity index (χ2v) is 3.05. The van der Waals surface area contributed by atoms with Crippen LogP contribution in [-0.2, 0) is 6.42 Å². The van der Waals surface area contributed by atoms with Gasteiger partial charge < -0.3 is 15.2 Å². The van der Waals surface area contributed by atoms with Crippen LogP contribution in [-0.4, -0.2) is 20.8 Å². The summed E-state index contributed by atoms with van der Waals surface area (Å²) in [6, 6.07) is 3.67. The van der Waals surface area contributed by atoms with Gasteiger partial charge in [0.05, 0.1) is 19.8 Å². The van der Waals surface area contributed by atoms with E-state index in [0.29, 0.717) is 17.9 Å². The van der Waals surface area contributed by atoms with E-state index in [1.165, 1.54) is 0 Å². The van der Waals surface area contributed by atoms with Gasteiger partial charge in [-0.1, -0.05) is 5.92 Å². The first-order valence-corrected chi connectivity index (χ1v) is 4.68. The Morgan fingerprint density at radius 3 is 2.31 bits per heavy atom. The zero-order valence-electron chi connectivity index (χ0n) is 9.45. The number of hydrogen-bond donors (Lipinski definition) is 1. The molecule has 3 nitrogen and oxygen atoms in total. The molecule has 1 rings (SSSR count). The van der Waals surface area contributed by atoms with Crippen LogP contribution in [0.1, 0.15) is 11.1 Å². The third kappa shape index (κ3) is 3.06. The van der Waals surface area contributed by atoms with Crippen LogP contribution < -0.4 is 15.2 Å². The predicted octanol–water partition coefficient (Wildman–Crippen LogP) is 1.61. The van der Waals surface area contributed by atoms with Crippen LogP contribution in [0.2, 0.25) is 0 Å². The van der Waals surface area contributed by atoms with E-state index < -0.39 is 0 Å². The topological polar surface area (TPSA) is 44.5 Å². The lowest BCUT2D eigenvalue weighted by molar-refractivity contribution is 0.398. The van der Waals surface area contributed by atoms with E-state index in [0.717, 1.165) is 17.7 Å². The highest BCUT2D eigenvalue weighted by Gasteiger charge is 2.08. The van der Waals surface area contributed by atoms with E-state index in [1.54, 1.807) is 20.3 Å². The van der Waals surface area contributed by atoms with Gasteiger partial charge >= 0.3 is 0 Å². The van der Waals surface area contributed by atoms with Crippen molar-refractivity contribution in [3.8, 4) is 23.8 Å². The molecule has 16 heavy (non-hydrogen) atoms. The summed E-state index contributed by atoms with van der Waals surface area (Å²) in [5, 5.41) is 0. The molecule has 0 fully saturated rings. The van der Waals surface area contributed by atoms with Gasteiger partial charge in [0.2, 0.25) is 0 Å².